The number of quaternary nitrogens is 1. The summed E-state index contributed by atoms with van der Waals surface area (Å²) < 4.78 is 0.459. The molecule has 13 heteroatoms. The first kappa shape index (κ1) is 32.8. The second-order valence-electron chi connectivity index (χ2n) is 10.3. The van der Waals surface area contributed by atoms with Crippen molar-refractivity contribution in [2.45, 2.75) is 70.5 Å². The smallest absolute Gasteiger partial charge is 0.305 e. The van der Waals surface area contributed by atoms with Crippen molar-refractivity contribution in [1.29, 1.82) is 0 Å². The number of aliphatic carboxylic acids is 1. The van der Waals surface area contributed by atoms with Gasteiger partial charge in [0.15, 0.2) is 5.96 Å². The van der Waals surface area contributed by atoms with E-state index in [2.05, 4.69) is 20.9 Å². The Hall–Kier alpha value is -3.22. The van der Waals surface area contributed by atoms with Gasteiger partial charge < -0.3 is 41.8 Å². The molecule has 3 atom stereocenters. The summed E-state index contributed by atoms with van der Waals surface area (Å²) in [6.07, 6.45) is 1.22. The molecule has 0 aliphatic heterocycles. The number of amides is 3. The fourth-order valence-electron chi connectivity index (χ4n) is 3.51. The number of carbonyl (C=O) groups excluding carboxylic acids is 4. The van der Waals surface area contributed by atoms with E-state index in [1.165, 1.54) is 0 Å². The summed E-state index contributed by atoms with van der Waals surface area (Å²) in [6, 6.07) is -2.21. The van der Waals surface area contributed by atoms with Crippen molar-refractivity contribution in [2.24, 2.45) is 22.4 Å². The molecule has 0 saturated carbocycles. The van der Waals surface area contributed by atoms with Crippen LogP contribution in [0.3, 0.4) is 0 Å². The van der Waals surface area contributed by atoms with Crippen molar-refractivity contribution >= 4 is 35.9 Å². The van der Waals surface area contributed by atoms with Gasteiger partial charge in [0.2, 0.25) is 17.7 Å². The summed E-state index contributed by atoms with van der Waals surface area (Å²) in [5.74, 6) is -2.45. The third-order valence-electron chi connectivity index (χ3n) is 4.95. The third kappa shape index (κ3) is 17.2. The largest absolute Gasteiger partial charge is 0.481 e. The molecule has 0 fully saturated rings. The van der Waals surface area contributed by atoms with E-state index in [4.69, 9.17) is 16.6 Å². The van der Waals surface area contributed by atoms with Crippen LogP contribution in [0.25, 0.3) is 0 Å². The number of nitrogens with one attached hydrogen (secondary N) is 3. The second kappa shape index (κ2) is 16.5. The maximum Gasteiger partial charge on any atom is 0.305 e. The normalized spacial score (nSPS) is 13.7. The molecule has 0 bridgehead atoms. The van der Waals surface area contributed by atoms with Crippen molar-refractivity contribution in [3.63, 3.8) is 0 Å². The molecule has 206 valence electrons. The number of likely N-dealkylation sites (N-methyl/N-ethyl adjacent to an activating group) is 1. The van der Waals surface area contributed by atoms with Crippen LogP contribution < -0.4 is 27.4 Å². The van der Waals surface area contributed by atoms with Crippen LogP contribution in [0, 0.1) is 5.92 Å². The Kier molecular flexibility index (Phi) is 15.0. The average molecular weight is 515 g/mol. The van der Waals surface area contributed by atoms with E-state index in [0.29, 0.717) is 43.1 Å². The van der Waals surface area contributed by atoms with Gasteiger partial charge in [0.25, 0.3) is 0 Å². The number of rotatable bonds is 18. The molecule has 36 heavy (non-hydrogen) atoms. The maximum absolute atomic E-state index is 12.8. The molecule has 0 rings (SSSR count). The Morgan fingerprint density at radius 1 is 1.00 bits per heavy atom. The molecule has 13 nitrogen and oxygen atoms in total. The Morgan fingerprint density at radius 2 is 1.58 bits per heavy atom. The molecule has 0 heterocycles. The van der Waals surface area contributed by atoms with Crippen molar-refractivity contribution in [3.05, 3.63) is 0 Å². The Labute approximate surface area is 213 Å². The first-order valence-corrected chi connectivity index (χ1v) is 12.0. The number of carboxylic acids is 1. The Balaban J connectivity index is 4.91. The van der Waals surface area contributed by atoms with Gasteiger partial charge in [0, 0.05) is 19.4 Å². The SMILES string of the molecule is CC(C)C[C@H](NC(=O)CCC(=O)N[C@H](CC(=O)O)C[N+](C)(C)C)C(=O)N[C@H](C=O)CCCN=C(N)N. The topological polar surface area (TPSA) is 206 Å². The summed E-state index contributed by atoms with van der Waals surface area (Å²) in [5, 5.41) is 17.0. The van der Waals surface area contributed by atoms with Gasteiger partial charge in [0.1, 0.15) is 12.3 Å². The van der Waals surface area contributed by atoms with Crippen LogP contribution in [-0.2, 0) is 24.0 Å². The highest BCUT2D eigenvalue weighted by atomic mass is 16.4. The number of nitrogens with zero attached hydrogens (tertiary/aromatic N) is 2. The van der Waals surface area contributed by atoms with Crippen molar-refractivity contribution < 1.29 is 33.6 Å². The fourth-order valence-corrected chi connectivity index (χ4v) is 3.51. The van der Waals surface area contributed by atoms with E-state index in [1.807, 2.05) is 35.0 Å². The van der Waals surface area contributed by atoms with E-state index < -0.39 is 41.8 Å². The van der Waals surface area contributed by atoms with Gasteiger partial charge in [-0.1, -0.05) is 13.8 Å². The molecular weight excluding hydrogens is 470 g/mol. The summed E-state index contributed by atoms with van der Waals surface area (Å²) in [6.45, 7) is 4.51. The number of hydrogen-bond acceptors (Lipinski definition) is 6. The zero-order valence-corrected chi connectivity index (χ0v) is 22.1. The lowest BCUT2D eigenvalue weighted by Crippen LogP contribution is -2.51. The first-order valence-electron chi connectivity index (χ1n) is 12.0. The fraction of sp³-hybridized carbons (Fsp3) is 0.739. The Morgan fingerprint density at radius 3 is 2.06 bits per heavy atom. The molecular formula is C23H44N7O6+. The van der Waals surface area contributed by atoms with Crippen LogP contribution in [0.2, 0.25) is 0 Å². The number of guanidine groups is 1. The standard InChI is InChI=1S/C23H43N7O6/c1-15(2)11-18(22(36)28-16(14-31)7-6-10-26-23(24)25)29-20(33)9-8-19(32)27-17(12-21(34)35)13-30(3,4)5/h14-18H,6-13H2,1-5H3,(H7-,24,25,26,27,28,29,32,33,34,35,36)/p+1/t16-,17+,18-/m0/s1. The summed E-state index contributed by atoms with van der Waals surface area (Å²) in [4.78, 5) is 63.9. The van der Waals surface area contributed by atoms with Gasteiger partial charge in [-0.3, -0.25) is 24.2 Å². The van der Waals surface area contributed by atoms with E-state index >= 15 is 0 Å². The van der Waals surface area contributed by atoms with E-state index in [1.54, 1.807) is 0 Å². The molecule has 0 aromatic rings. The molecule has 0 radical (unpaired) electrons. The van der Waals surface area contributed by atoms with Gasteiger partial charge in [0.05, 0.1) is 46.2 Å². The van der Waals surface area contributed by atoms with Crippen LogP contribution in [-0.4, -0.2) is 97.9 Å². The summed E-state index contributed by atoms with van der Waals surface area (Å²) in [5.41, 5.74) is 10.5. The minimum atomic E-state index is -1.03. The van der Waals surface area contributed by atoms with Gasteiger partial charge >= 0.3 is 5.97 Å². The molecule has 0 aliphatic rings. The molecule has 0 saturated heterocycles. The molecule has 0 aromatic carbocycles. The van der Waals surface area contributed by atoms with Gasteiger partial charge in [-0.15, -0.1) is 0 Å². The zero-order chi connectivity index (χ0) is 27.9. The minimum absolute atomic E-state index is 0.0548. The van der Waals surface area contributed by atoms with E-state index in [0.717, 1.165) is 0 Å². The van der Waals surface area contributed by atoms with Crippen LogP contribution in [0.5, 0.6) is 0 Å². The van der Waals surface area contributed by atoms with Crippen molar-refractivity contribution in [1.82, 2.24) is 16.0 Å². The van der Waals surface area contributed by atoms with E-state index in [-0.39, 0.29) is 31.1 Å². The Bertz CT molecular complexity index is 775. The predicted molar refractivity (Wildman–Crippen MR) is 136 cm³/mol. The summed E-state index contributed by atoms with van der Waals surface area (Å²) >= 11 is 0. The highest BCUT2D eigenvalue weighted by molar-refractivity contribution is 5.90. The zero-order valence-electron chi connectivity index (χ0n) is 22.1. The molecule has 0 aromatic heterocycles. The van der Waals surface area contributed by atoms with Crippen LogP contribution in [0.1, 0.15) is 52.4 Å². The lowest BCUT2D eigenvalue weighted by atomic mass is 10.0. The molecule has 8 N–H and O–H groups in total. The number of aldehydes is 1. The lowest BCUT2D eigenvalue weighted by molar-refractivity contribution is -0.871. The second-order valence-corrected chi connectivity index (χ2v) is 10.3. The lowest BCUT2D eigenvalue weighted by Gasteiger charge is -2.29. The number of aliphatic imine (C=N–C) groups is 1. The monoisotopic (exact) mass is 514 g/mol. The van der Waals surface area contributed by atoms with Crippen molar-refractivity contribution in [3.8, 4) is 0 Å². The molecule has 0 spiro atoms. The summed E-state index contributed by atoms with van der Waals surface area (Å²) in [7, 11) is 5.65. The minimum Gasteiger partial charge on any atom is -0.481 e. The highest BCUT2D eigenvalue weighted by Crippen LogP contribution is 2.08. The third-order valence-corrected chi connectivity index (χ3v) is 4.95. The molecule has 0 unspecified atom stereocenters. The number of carboxylic acid groups (broad SMARTS) is 1. The van der Waals surface area contributed by atoms with Crippen LogP contribution in [0.4, 0.5) is 0 Å². The highest BCUT2D eigenvalue weighted by Gasteiger charge is 2.26. The number of hydrogen-bond donors (Lipinski definition) is 6. The number of nitrogens with two attached hydrogens (primary N) is 2. The van der Waals surface area contributed by atoms with Crippen LogP contribution in [0.15, 0.2) is 4.99 Å². The van der Waals surface area contributed by atoms with Crippen LogP contribution >= 0.6 is 0 Å². The molecule has 0 aliphatic carbocycles. The number of carbonyl (C=O) groups is 5. The quantitative estimate of drug-likeness (QED) is 0.0425. The average Bonchev–Trinajstić information content (AvgIpc) is 2.71. The molecule has 3 amide bonds. The maximum atomic E-state index is 12.8. The van der Waals surface area contributed by atoms with E-state index in [9.17, 15) is 24.0 Å². The van der Waals surface area contributed by atoms with Crippen molar-refractivity contribution in [2.75, 3.05) is 34.2 Å². The van der Waals surface area contributed by atoms with Gasteiger partial charge in [-0.05, 0) is 25.2 Å². The van der Waals surface area contributed by atoms with Gasteiger partial charge in [-0.2, -0.15) is 0 Å². The predicted octanol–water partition coefficient (Wildman–Crippen LogP) is -1.30. The van der Waals surface area contributed by atoms with Gasteiger partial charge in [-0.25, -0.2) is 0 Å². The first-order chi connectivity index (χ1) is 16.6.